The number of likely N-dealkylation sites (tertiary alicyclic amines) is 1. The van der Waals surface area contributed by atoms with Crippen LogP contribution >= 0.6 is 11.6 Å². The minimum absolute atomic E-state index is 0.0508. The number of pyridine rings is 1. The summed E-state index contributed by atoms with van der Waals surface area (Å²) in [4.78, 5) is 34.0. The van der Waals surface area contributed by atoms with Crippen molar-refractivity contribution >= 4 is 49.9 Å². The van der Waals surface area contributed by atoms with Crippen LogP contribution in [0.3, 0.4) is 0 Å². The Morgan fingerprint density at radius 3 is 2.57 bits per heavy atom. The Bertz CT molecular complexity index is 1430. The van der Waals surface area contributed by atoms with Gasteiger partial charge in [0.15, 0.2) is 0 Å². The number of anilines is 1. The largest absolute Gasteiger partial charge is 0.378 e. The van der Waals surface area contributed by atoms with Gasteiger partial charge in [-0.25, -0.2) is 8.42 Å². The number of carbonyl (C=O) groups excluding carboxylic acids is 2. The van der Waals surface area contributed by atoms with Gasteiger partial charge < -0.3 is 14.5 Å². The quantitative estimate of drug-likeness (QED) is 0.475. The van der Waals surface area contributed by atoms with Crippen LogP contribution in [0, 0.1) is 0 Å². The molecule has 37 heavy (non-hydrogen) atoms. The number of morpholine rings is 1. The molecule has 2 saturated heterocycles. The van der Waals surface area contributed by atoms with Crippen LogP contribution in [0.4, 0.5) is 5.69 Å². The molecule has 5 rings (SSSR count). The predicted octanol–water partition coefficient (Wildman–Crippen LogP) is 2.93. The number of carbonyl (C=O) groups is 2. The fraction of sp³-hybridized carbons (Fsp3) is 0.346. The molecule has 0 aliphatic carbocycles. The fourth-order valence-corrected chi connectivity index (χ4v) is 6.75. The minimum atomic E-state index is -4.16. The van der Waals surface area contributed by atoms with E-state index in [1.165, 1.54) is 17.2 Å². The van der Waals surface area contributed by atoms with Gasteiger partial charge in [0, 0.05) is 30.9 Å². The van der Waals surface area contributed by atoms with Gasteiger partial charge in [-0.2, -0.15) is 0 Å². The van der Waals surface area contributed by atoms with Gasteiger partial charge in [-0.15, -0.1) is 0 Å². The van der Waals surface area contributed by atoms with E-state index in [9.17, 15) is 18.0 Å². The van der Waals surface area contributed by atoms with E-state index in [2.05, 4.69) is 4.98 Å². The summed E-state index contributed by atoms with van der Waals surface area (Å²) in [7, 11) is -4.16. The van der Waals surface area contributed by atoms with Gasteiger partial charge in [0.2, 0.25) is 11.8 Å². The van der Waals surface area contributed by atoms with Gasteiger partial charge in [-0.1, -0.05) is 23.7 Å². The minimum Gasteiger partial charge on any atom is -0.378 e. The molecule has 1 unspecified atom stereocenters. The molecule has 2 aromatic carbocycles. The van der Waals surface area contributed by atoms with Crippen molar-refractivity contribution in [1.29, 1.82) is 0 Å². The van der Waals surface area contributed by atoms with Crippen molar-refractivity contribution in [3.8, 4) is 0 Å². The van der Waals surface area contributed by atoms with Gasteiger partial charge in [-0.3, -0.25) is 18.9 Å². The average molecular weight is 543 g/mol. The van der Waals surface area contributed by atoms with Gasteiger partial charge in [0.25, 0.3) is 10.0 Å². The van der Waals surface area contributed by atoms with Crippen molar-refractivity contribution in [2.24, 2.45) is 0 Å². The Labute approximate surface area is 220 Å². The summed E-state index contributed by atoms with van der Waals surface area (Å²) >= 11 is 6.08. The highest BCUT2D eigenvalue weighted by atomic mass is 35.5. The van der Waals surface area contributed by atoms with E-state index < -0.39 is 28.0 Å². The molecule has 2 amide bonds. The van der Waals surface area contributed by atoms with Crippen LogP contribution < -0.4 is 4.31 Å². The molecular formula is C26H27ClN4O5S. The van der Waals surface area contributed by atoms with E-state index >= 15 is 0 Å². The standard InChI is InChI=1S/C26H27ClN4O5S/c1-18(25(32)29-11-13-36-14-12-29)30-10-8-24(26(30)33)31(22-3-2-9-28-17-22)37(34,35)23-7-5-19-15-21(27)6-4-20(19)16-23/h2-7,9,15-18,24H,8,10-14H2,1H3/t18-,24?/m0/s1. The summed E-state index contributed by atoms with van der Waals surface area (Å²) < 4.78 is 34.6. The molecule has 11 heteroatoms. The lowest BCUT2D eigenvalue weighted by Gasteiger charge is -2.33. The summed E-state index contributed by atoms with van der Waals surface area (Å²) in [5.41, 5.74) is 0.283. The van der Waals surface area contributed by atoms with E-state index in [4.69, 9.17) is 16.3 Å². The number of benzene rings is 2. The molecule has 3 aromatic rings. The van der Waals surface area contributed by atoms with Crippen molar-refractivity contribution in [2.75, 3.05) is 37.2 Å². The maximum atomic E-state index is 14.0. The van der Waals surface area contributed by atoms with Crippen LogP contribution in [0.5, 0.6) is 0 Å². The third-order valence-corrected chi connectivity index (χ3v) is 8.94. The second-order valence-corrected chi connectivity index (χ2v) is 11.4. The number of rotatable bonds is 6. The molecule has 2 atom stereocenters. The third-order valence-electron chi connectivity index (χ3n) is 6.87. The van der Waals surface area contributed by atoms with Crippen molar-refractivity contribution in [1.82, 2.24) is 14.8 Å². The van der Waals surface area contributed by atoms with E-state index in [0.717, 1.165) is 9.69 Å². The van der Waals surface area contributed by atoms with Gasteiger partial charge >= 0.3 is 0 Å². The molecule has 2 aliphatic rings. The van der Waals surface area contributed by atoms with Crippen molar-refractivity contribution in [3.63, 3.8) is 0 Å². The summed E-state index contributed by atoms with van der Waals surface area (Å²) in [5, 5.41) is 2.07. The molecule has 9 nitrogen and oxygen atoms in total. The first-order chi connectivity index (χ1) is 17.8. The van der Waals surface area contributed by atoms with E-state index in [0.29, 0.717) is 36.7 Å². The number of amides is 2. The Kier molecular flexibility index (Phi) is 7.06. The number of hydrogen-bond acceptors (Lipinski definition) is 6. The van der Waals surface area contributed by atoms with Gasteiger partial charge in [0.1, 0.15) is 12.1 Å². The fourth-order valence-electron chi connectivity index (χ4n) is 4.91. The number of sulfonamides is 1. The third kappa shape index (κ3) is 4.88. The molecule has 1 aromatic heterocycles. The maximum absolute atomic E-state index is 14.0. The molecule has 2 aliphatic heterocycles. The zero-order valence-corrected chi connectivity index (χ0v) is 21.9. The van der Waals surface area contributed by atoms with Crippen LogP contribution in [-0.4, -0.2) is 79.9 Å². The second kappa shape index (κ2) is 10.3. The van der Waals surface area contributed by atoms with Crippen molar-refractivity contribution in [3.05, 3.63) is 65.9 Å². The highest BCUT2D eigenvalue weighted by molar-refractivity contribution is 7.93. The van der Waals surface area contributed by atoms with Crippen LogP contribution in [0.15, 0.2) is 65.8 Å². The Hall–Kier alpha value is -3.21. The normalized spacial score (nSPS) is 19.3. The predicted molar refractivity (Wildman–Crippen MR) is 140 cm³/mol. The van der Waals surface area contributed by atoms with Crippen molar-refractivity contribution in [2.45, 2.75) is 30.3 Å². The number of halogens is 1. The second-order valence-electron chi connectivity index (χ2n) is 9.12. The van der Waals surface area contributed by atoms with Crippen molar-refractivity contribution < 1.29 is 22.7 Å². The Balaban J connectivity index is 1.48. The van der Waals surface area contributed by atoms with E-state index in [-0.39, 0.29) is 29.5 Å². The summed E-state index contributed by atoms with van der Waals surface area (Å²) in [6.45, 7) is 3.81. The lowest BCUT2D eigenvalue weighted by Crippen LogP contribution is -2.53. The Morgan fingerprint density at radius 1 is 1.11 bits per heavy atom. The van der Waals surface area contributed by atoms with Crippen LogP contribution in [0.25, 0.3) is 10.8 Å². The topological polar surface area (TPSA) is 100 Å². The van der Waals surface area contributed by atoms with E-state index in [1.807, 2.05) is 0 Å². The summed E-state index contributed by atoms with van der Waals surface area (Å²) in [6, 6.07) is 11.5. The first-order valence-electron chi connectivity index (χ1n) is 12.1. The van der Waals surface area contributed by atoms with Gasteiger partial charge in [0.05, 0.1) is 30.0 Å². The number of aromatic nitrogens is 1. The Morgan fingerprint density at radius 2 is 1.84 bits per heavy atom. The molecule has 2 fully saturated rings. The van der Waals surface area contributed by atoms with Crippen LogP contribution in [0.1, 0.15) is 13.3 Å². The highest BCUT2D eigenvalue weighted by Gasteiger charge is 2.45. The summed E-state index contributed by atoms with van der Waals surface area (Å²) in [6.07, 6.45) is 3.22. The zero-order chi connectivity index (χ0) is 26.2. The van der Waals surface area contributed by atoms with Crippen LogP contribution in [-0.2, 0) is 24.3 Å². The van der Waals surface area contributed by atoms with Crippen LogP contribution in [0.2, 0.25) is 5.02 Å². The molecule has 194 valence electrons. The first-order valence-corrected chi connectivity index (χ1v) is 13.9. The smallest absolute Gasteiger partial charge is 0.265 e. The number of ether oxygens (including phenoxy) is 1. The number of hydrogen-bond donors (Lipinski definition) is 0. The average Bonchev–Trinajstić information content (AvgIpc) is 3.29. The molecule has 0 spiro atoms. The SMILES string of the molecule is C[C@@H](C(=O)N1CCOCC1)N1CCC(N(c2cccnc2)S(=O)(=O)c2ccc3cc(Cl)ccc3c2)C1=O. The molecule has 0 saturated carbocycles. The molecular weight excluding hydrogens is 516 g/mol. The zero-order valence-electron chi connectivity index (χ0n) is 20.3. The molecule has 3 heterocycles. The first kappa shape index (κ1) is 25.4. The lowest BCUT2D eigenvalue weighted by molar-refractivity contribution is -0.145. The molecule has 0 bridgehead atoms. The highest BCUT2D eigenvalue weighted by Crippen LogP contribution is 2.32. The number of fused-ring (bicyclic) bond motifs is 1. The monoisotopic (exact) mass is 542 g/mol. The summed E-state index contributed by atoms with van der Waals surface area (Å²) in [5.74, 6) is -0.574. The lowest BCUT2D eigenvalue weighted by atomic mass is 10.1. The number of nitrogens with zero attached hydrogens (tertiary/aromatic N) is 4. The van der Waals surface area contributed by atoms with Gasteiger partial charge in [-0.05, 0) is 60.5 Å². The molecule has 0 N–H and O–H groups in total. The van der Waals surface area contributed by atoms with E-state index in [1.54, 1.807) is 60.5 Å². The maximum Gasteiger partial charge on any atom is 0.265 e. The molecule has 0 radical (unpaired) electrons.